The van der Waals surface area contributed by atoms with Crippen LogP contribution in [-0.4, -0.2) is 46.6 Å². The first-order chi connectivity index (χ1) is 6.43. The minimum absolute atomic E-state index is 0.133. The molecule has 1 aliphatic rings. The molecular formula is C8H15N3O3. The number of likely N-dealkylation sites (tertiary alicyclic amines) is 1. The molecule has 1 saturated heterocycles. The zero-order chi connectivity index (χ0) is 10.9. The second-order valence-electron chi connectivity index (χ2n) is 3.59. The van der Waals surface area contributed by atoms with E-state index in [0.29, 0.717) is 0 Å². The van der Waals surface area contributed by atoms with Crippen LogP contribution < -0.4 is 11.5 Å². The third-order valence-electron chi connectivity index (χ3n) is 2.28. The third-order valence-corrected chi connectivity index (χ3v) is 2.28. The van der Waals surface area contributed by atoms with Gasteiger partial charge in [-0.25, -0.2) is 0 Å². The van der Waals surface area contributed by atoms with Crippen LogP contribution in [0.3, 0.4) is 0 Å². The van der Waals surface area contributed by atoms with Gasteiger partial charge in [0.2, 0.25) is 11.8 Å². The summed E-state index contributed by atoms with van der Waals surface area (Å²) in [5, 5.41) is 9.31. The minimum Gasteiger partial charge on any atom is -0.391 e. The van der Waals surface area contributed by atoms with Crippen molar-refractivity contribution in [2.45, 2.75) is 31.5 Å². The van der Waals surface area contributed by atoms with Gasteiger partial charge in [0, 0.05) is 13.0 Å². The average molecular weight is 201 g/mol. The summed E-state index contributed by atoms with van der Waals surface area (Å²) in [4.78, 5) is 23.7. The Labute approximate surface area is 81.8 Å². The van der Waals surface area contributed by atoms with E-state index in [1.807, 2.05) is 0 Å². The fourth-order valence-corrected chi connectivity index (χ4v) is 1.59. The normalized spacial score (nSPS) is 28.9. The molecule has 0 aliphatic carbocycles. The van der Waals surface area contributed by atoms with Gasteiger partial charge in [0.25, 0.3) is 0 Å². The lowest BCUT2D eigenvalue weighted by atomic mass is 10.2. The van der Waals surface area contributed by atoms with Crippen LogP contribution >= 0.6 is 0 Å². The molecule has 14 heavy (non-hydrogen) atoms. The molecule has 0 bridgehead atoms. The monoisotopic (exact) mass is 201 g/mol. The fraction of sp³-hybridized carbons (Fsp3) is 0.750. The van der Waals surface area contributed by atoms with Crippen LogP contribution in [0.15, 0.2) is 0 Å². The van der Waals surface area contributed by atoms with Gasteiger partial charge in [-0.3, -0.25) is 9.59 Å². The number of carbonyl (C=O) groups is 2. The van der Waals surface area contributed by atoms with Crippen molar-refractivity contribution in [2.24, 2.45) is 11.5 Å². The lowest BCUT2D eigenvalue weighted by Gasteiger charge is -2.23. The molecule has 80 valence electrons. The summed E-state index contributed by atoms with van der Waals surface area (Å²) in [7, 11) is 0. The number of primary amides is 1. The zero-order valence-corrected chi connectivity index (χ0v) is 8.01. The molecule has 0 aromatic rings. The van der Waals surface area contributed by atoms with Crippen molar-refractivity contribution >= 4 is 11.8 Å². The van der Waals surface area contributed by atoms with E-state index in [1.165, 1.54) is 11.8 Å². The Bertz CT molecular complexity index is 254. The molecule has 2 unspecified atom stereocenters. The number of hydrogen-bond donors (Lipinski definition) is 3. The maximum Gasteiger partial charge on any atom is 0.240 e. The van der Waals surface area contributed by atoms with Crippen molar-refractivity contribution in [3.63, 3.8) is 0 Å². The molecule has 5 N–H and O–H groups in total. The van der Waals surface area contributed by atoms with Gasteiger partial charge in [0.1, 0.15) is 6.04 Å². The summed E-state index contributed by atoms with van der Waals surface area (Å²) in [6.45, 7) is 1.67. The van der Waals surface area contributed by atoms with Crippen molar-refractivity contribution in [3.05, 3.63) is 0 Å². The highest BCUT2D eigenvalue weighted by Gasteiger charge is 2.38. The Hall–Kier alpha value is -1.14. The summed E-state index contributed by atoms with van der Waals surface area (Å²) >= 11 is 0. The van der Waals surface area contributed by atoms with Gasteiger partial charge in [0.15, 0.2) is 0 Å². The van der Waals surface area contributed by atoms with Crippen molar-refractivity contribution in [2.75, 3.05) is 6.54 Å². The Balaban J connectivity index is 2.76. The van der Waals surface area contributed by atoms with E-state index < -0.39 is 24.1 Å². The van der Waals surface area contributed by atoms with E-state index in [9.17, 15) is 14.7 Å². The molecular weight excluding hydrogens is 186 g/mol. The van der Waals surface area contributed by atoms with Gasteiger partial charge >= 0.3 is 0 Å². The third kappa shape index (κ3) is 2.02. The first kappa shape index (κ1) is 10.9. The van der Waals surface area contributed by atoms with Gasteiger partial charge in [0.05, 0.1) is 12.1 Å². The van der Waals surface area contributed by atoms with Crippen molar-refractivity contribution in [1.29, 1.82) is 0 Å². The number of aliphatic hydroxyl groups is 1. The fourth-order valence-electron chi connectivity index (χ4n) is 1.59. The van der Waals surface area contributed by atoms with Crippen LogP contribution in [-0.2, 0) is 9.59 Å². The van der Waals surface area contributed by atoms with Crippen molar-refractivity contribution in [1.82, 2.24) is 4.90 Å². The number of β-amino-alcohol motifs (C(OH)–C–C–N with tert-alkyl or cyclic N) is 1. The van der Waals surface area contributed by atoms with E-state index in [2.05, 4.69) is 0 Å². The Kier molecular flexibility index (Phi) is 3.07. The highest BCUT2D eigenvalue weighted by atomic mass is 16.3. The van der Waals surface area contributed by atoms with Gasteiger partial charge in [-0.15, -0.1) is 0 Å². The number of amides is 2. The number of nitrogens with zero attached hydrogens (tertiary/aromatic N) is 1. The molecule has 1 rings (SSSR count). The minimum atomic E-state index is -0.719. The molecule has 1 aliphatic heterocycles. The SMILES string of the molecule is C[C@H](N)C(=O)N1CC(O)CC1C(N)=O. The second kappa shape index (κ2) is 3.93. The number of aliphatic hydroxyl groups excluding tert-OH is 1. The molecule has 0 saturated carbocycles. The highest BCUT2D eigenvalue weighted by Crippen LogP contribution is 2.18. The number of nitrogens with two attached hydrogens (primary N) is 2. The summed E-state index contributed by atoms with van der Waals surface area (Å²) in [6, 6.07) is -1.40. The maximum atomic E-state index is 11.5. The van der Waals surface area contributed by atoms with E-state index in [4.69, 9.17) is 11.5 Å². The number of rotatable bonds is 2. The molecule has 0 aromatic carbocycles. The Morgan fingerprint density at radius 3 is 2.57 bits per heavy atom. The lowest BCUT2D eigenvalue weighted by Crippen LogP contribution is -2.49. The topological polar surface area (TPSA) is 110 Å². The first-order valence-electron chi connectivity index (χ1n) is 4.47. The first-order valence-corrected chi connectivity index (χ1v) is 4.47. The Morgan fingerprint density at radius 1 is 1.57 bits per heavy atom. The van der Waals surface area contributed by atoms with Crippen LogP contribution in [0.2, 0.25) is 0 Å². The highest BCUT2D eigenvalue weighted by molar-refractivity contribution is 5.89. The smallest absolute Gasteiger partial charge is 0.240 e. The van der Waals surface area contributed by atoms with E-state index in [0.717, 1.165) is 0 Å². The van der Waals surface area contributed by atoms with Crippen molar-refractivity contribution < 1.29 is 14.7 Å². The van der Waals surface area contributed by atoms with E-state index in [1.54, 1.807) is 0 Å². The largest absolute Gasteiger partial charge is 0.391 e. The number of hydrogen-bond acceptors (Lipinski definition) is 4. The van der Waals surface area contributed by atoms with Gasteiger partial charge in [-0.2, -0.15) is 0 Å². The summed E-state index contributed by atoms with van der Waals surface area (Å²) in [6.07, 6.45) is -0.483. The zero-order valence-electron chi connectivity index (χ0n) is 8.01. The Morgan fingerprint density at radius 2 is 2.14 bits per heavy atom. The maximum absolute atomic E-state index is 11.5. The van der Waals surface area contributed by atoms with Gasteiger partial charge < -0.3 is 21.5 Å². The molecule has 0 radical (unpaired) electrons. The van der Waals surface area contributed by atoms with Crippen LogP contribution in [0.1, 0.15) is 13.3 Å². The molecule has 6 nitrogen and oxygen atoms in total. The summed E-state index contributed by atoms with van der Waals surface area (Å²) < 4.78 is 0. The predicted octanol–water partition coefficient (Wildman–Crippen LogP) is -2.22. The van der Waals surface area contributed by atoms with E-state index in [-0.39, 0.29) is 18.9 Å². The summed E-state index contributed by atoms with van der Waals surface area (Å²) in [5.41, 5.74) is 10.5. The standard InChI is InChI=1S/C8H15N3O3/c1-4(9)8(14)11-3-5(12)2-6(11)7(10)13/h4-6,12H,2-3,9H2,1H3,(H2,10,13)/t4-,5?,6?/m0/s1. The van der Waals surface area contributed by atoms with Crippen LogP contribution in [0.4, 0.5) is 0 Å². The molecule has 6 heteroatoms. The molecule has 3 atom stereocenters. The average Bonchev–Trinajstić information content (AvgIpc) is 2.45. The van der Waals surface area contributed by atoms with Crippen LogP contribution in [0, 0.1) is 0 Å². The van der Waals surface area contributed by atoms with Crippen molar-refractivity contribution in [3.8, 4) is 0 Å². The van der Waals surface area contributed by atoms with Gasteiger partial charge in [-0.1, -0.05) is 0 Å². The number of carbonyl (C=O) groups excluding carboxylic acids is 2. The molecule has 0 spiro atoms. The van der Waals surface area contributed by atoms with Crippen LogP contribution in [0.25, 0.3) is 0 Å². The second-order valence-corrected chi connectivity index (χ2v) is 3.59. The van der Waals surface area contributed by atoms with Crippen LogP contribution in [0.5, 0.6) is 0 Å². The van der Waals surface area contributed by atoms with E-state index >= 15 is 0 Å². The molecule has 1 fully saturated rings. The predicted molar refractivity (Wildman–Crippen MR) is 49.0 cm³/mol. The molecule has 0 aromatic heterocycles. The molecule has 2 amide bonds. The lowest BCUT2D eigenvalue weighted by molar-refractivity contribution is -0.138. The molecule has 1 heterocycles. The summed E-state index contributed by atoms with van der Waals surface area (Å²) in [5.74, 6) is -0.957. The van der Waals surface area contributed by atoms with Gasteiger partial charge in [-0.05, 0) is 6.92 Å². The quantitative estimate of drug-likeness (QED) is 0.470.